The molecule has 98 valence electrons. The fourth-order valence-corrected chi connectivity index (χ4v) is 2.75. The molecule has 0 radical (unpaired) electrons. The minimum Gasteiger partial charge on any atom is -0.490 e. The molecule has 1 aliphatic rings. The van der Waals surface area contributed by atoms with Crippen molar-refractivity contribution < 1.29 is 14.3 Å². The van der Waals surface area contributed by atoms with E-state index in [4.69, 9.17) is 9.47 Å². The van der Waals surface area contributed by atoms with Gasteiger partial charge in [0.05, 0.1) is 19.8 Å². The lowest BCUT2D eigenvalue weighted by Crippen LogP contribution is -2.20. The van der Waals surface area contributed by atoms with E-state index in [1.807, 2.05) is 13.0 Å². The maximum Gasteiger partial charge on any atom is 0.178 e. The zero-order chi connectivity index (χ0) is 13.1. The lowest BCUT2D eigenvalue weighted by atomic mass is 10.0. The number of hydrogen-bond donors (Lipinski definition) is 1. The van der Waals surface area contributed by atoms with E-state index in [0.717, 1.165) is 16.5 Å². The van der Waals surface area contributed by atoms with Crippen LogP contribution < -0.4 is 14.8 Å². The maximum atomic E-state index is 12.1. The third kappa shape index (κ3) is 2.52. The largest absolute Gasteiger partial charge is 0.490 e. The summed E-state index contributed by atoms with van der Waals surface area (Å²) >= 11 is 3.44. The summed E-state index contributed by atoms with van der Waals surface area (Å²) in [7, 11) is 1.75. The van der Waals surface area contributed by atoms with Gasteiger partial charge in [-0.3, -0.25) is 4.79 Å². The first-order valence-corrected chi connectivity index (χ1v) is 6.71. The fourth-order valence-electron chi connectivity index (χ4n) is 2.02. The minimum absolute atomic E-state index is 0.0394. The molecule has 1 aliphatic heterocycles. The summed E-state index contributed by atoms with van der Waals surface area (Å²) in [5.41, 5.74) is 1.50. The van der Waals surface area contributed by atoms with Gasteiger partial charge in [0, 0.05) is 22.0 Å². The molecule has 0 atom stereocenters. The van der Waals surface area contributed by atoms with E-state index in [1.165, 1.54) is 0 Å². The number of rotatable bonds is 3. The van der Waals surface area contributed by atoms with Gasteiger partial charge in [0.2, 0.25) is 0 Å². The summed E-state index contributed by atoms with van der Waals surface area (Å²) in [4.78, 5) is 12.1. The lowest BCUT2D eigenvalue weighted by Gasteiger charge is -2.15. The molecule has 4 nitrogen and oxygen atoms in total. The van der Waals surface area contributed by atoms with Crippen LogP contribution in [0.5, 0.6) is 11.5 Å². The molecule has 0 bridgehead atoms. The molecule has 2 rings (SSSR count). The van der Waals surface area contributed by atoms with Gasteiger partial charge in [-0.15, -0.1) is 0 Å². The zero-order valence-corrected chi connectivity index (χ0v) is 12.1. The monoisotopic (exact) mass is 313 g/mol. The molecule has 0 aromatic heterocycles. The Morgan fingerprint density at radius 3 is 2.89 bits per heavy atom. The Bertz CT molecular complexity index is 474. The number of halogens is 1. The van der Waals surface area contributed by atoms with Crippen molar-refractivity contribution in [3.05, 3.63) is 21.7 Å². The van der Waals surface area contributed by atoms with Crippen molar-refractivity contribution in [1.82, 2.24) is 5.32 Å². The molecule has 0 spiro atoms. The van der Waals surface area contributed by atoms with Gasteiger partial charge in [0.1, 0.15) is 0 Å². The van der Waals surface area contributed by atoms with Crippen molar-refractivity contribution in [2.24, 2.45) is 0 Å². The predicted molar refractivity (Wildman–Crippen MR) is 72.7 cm³/mol. The number of likely N-dealkylation sites (N-methyl/N-ethyl adjacent to an activating group) is 1. The SMILES string of the molecule is CNCC(=O)c1c(Br)cc2c(c1C)OCCCO2. The highest BCUT2D eigenvalue weighted by molar-refractivity contribution is 9.10. The number of carbonyl (C=O) groups excluding carboxylic acids is 1. The van der Waals surface area contributed by atoms with Gasteiger partial charge >= 0.3 is 0 Å². The van der Waals surface area contributed by atoms with Crippen molar-refractivity contribution in [1.29, 1.82) is 0 Å². The van der Waals surface area contributed by atoms with Crippen LogP contribution in [0.1, 0.15) is 22.3 Å². The first kappa shape index (κ1) is 13.4. The second kappa shape index (κ2) is 5.71. The third-order valence-electron chi connectivity index (χ3n) is 2.84. The second-order valence-corrected chi connectivity index (χ2v) is 5.04. The summed E-state index contributed by atoms with van der Waals surface area (Å²) in [5.74, 6) is 1.44. The second-order valence-electron chi connectivity index (χ2n) is 4.19. The van der Waals surface area contributed by atoms with Crippen molar-refractivity contribution in [2.75, 3.05) is 26.8 Å². The first-order chi connectivity index (χ1) is 8.65. The molecule has 0 unspecified atom stereocenters. The smallest absolute Gasteiger partial charge is 0.178 e. The van der Waals surface area contributed by atoms with Crippen LogP contribution in [0.15, 0.2) is 10.5 Å². The number of ketones is 1. The van der Waals surface area contributed by atoms with Crippen LogP contribution in [-0.2, 0) is 0 Å². The van der Waals surface area contributed by atoms with E-state index in [-0.39, 0.29) is 5.78 Å². The van der Waals surface area contributed by atoms with Gasteiger partial charge in [-0.25, -0.2) is 0 Å². The molecule has 0 saturated heterocycles. The van der Waals surface area contributed by atoms with Crippen LogP contribution in [0.2, 0.25) is 0 Å². The van der Waals surface area contributed by atoms with E-state index in [2.05, 4.69) is 21.2 Å². The van der Waals surface area contributed by atoms with Crippen molar-refractivity contribution >= 4 is 21.7 Å². The standard InChI is InChI=1S/C13H16BrNO3/c1-8-12(10(16)7-15-2)9(14)6-11-13(8)18-5-3-4-17-11/h6,15H,3-5,7H2,1-2H3. The Morgan fingerprint density at radius 2 is 2.17 bits per heavy atom. The van der Waals surface area contributed by atoms with E-state index in [9.17, 15) is 4.79 Å². The average molecular weight is 314 g/mol. The summed E-state index contributed by atoms with van der Waals surface area (Å²) in [5, 5.41) is 2.87. The van der Waals surface area contributed by atoms with Crippen LogP contribution in [0.4, 0.5) is 0 Å². The number of fused-ring (bicyclic) bond motifs is 1. The Morgan fingerprint density at radius 1 is 1.44 bits per heavy atom. The number of benzene rings is 1. The highest BCUT2D eigenvalue weighted by Gasteiger charge is 2.22. The molecule has 0 saturated carbocycles. The van der Waals surface area contributed by atoms with E-state index < -0.39 is 0 Å². The topological polar surface area (TPSA) is 47.6 Å². The van der Waals surface area contributed by atoms with Gasteiger partial charge in [-0.05, 0) is 36.0 Å². The summed E-state index contributed by atoms with van der Waals surface area (Å²) in [6.45, 7) is 3.46. The normalized spacial score (nSPS) is 14.2. The quantitative estimate of drug-likeness (QED) is 0.870. The zero-order valence-electron chi connectivity index (χ0n) is 10.5. The summed E-state index contributed by atoms with van der Waals surface area (Å²) < 4.78 is 12.1. The Balaban J connectivity index is 2.48. The molecular formula is C13H16BrNO3. The van der Waals surface area contributed by atoms with Gasteiger partial charge in [-0.2, -0.15) is 0 Å². The van der Waals surface area contributed by atoms with Crippen LogP contribution >= 0.6 is 15.9 Å². The molecular weight excluding hydrogens is 298 g/mol. The number of carbonyl (C=O) groups is 1. The molecule has 0 aliphatic carbocycles. The molecule has 1 heterocycles. The van der Waals surface area contributed by atoms with Crippen molar-refractivity contribution in [3.8, 4) is 11.5 Å². The maximum absolute atomic E-state index is 12.1. The summed E-state index contributed by atoms with van der Waals surface area (Å²) in [6.07, 6.45) is 0.853. The van der Waals surface area contributed by atoms with Gasteiger partial charge in [-0.1, -0.05) is 0 Å². The highest BCUT2D eigenvalue weighted by atomic mass is 79.9. The first-order valence-electron chi connectivity index (χ1n) is 5.91. The number of hydrogen-bond acceptors (Lipinski definition) is 4. The molecule has 1 aromatic carbocycles. The van der Waals surface area contributed by atoms with Gasteiger partial charge in [0.15, 0.2) is 17.3 Å². The van der Waals surface area contributed by atoms with Gasteiger partial charge in [0.25, 0.3) is 0 Å². The van der Waals surface area contributed by atoms with Crippen LogP contribution in [-0.4, -0.2) is 32.6 Å². The average Bonchev–Trinajstić information content (AvgIpc) is 2.54. The number of nitrogens with one attached hydrogen (secondary N) is 1. The predicted octanol–water partition coefficient (Wildman–Crippen LogP) is 2.32. The lowest BCUT2D eigenvalue weighted by molar-refractivity contribution is 0.0991. The van der Waals surface area contributed by atoms with Crippen molar-refractivity contribution in [3.63, 3.8) is 0 Å². The van der Waals surface area contributed by atoms with Crippen LogP contribution in [0.25, 0.3) is 0 Å². The molecule has 18 heavy (non-hydrogen) atoms. The highest BCUT2D eigenvalue weighted by Crippen LogP contribution is 2.39. The molecule has 0 fully saturated rings. The van der Waals surface area contributed by atoms with E-state index in [0.29, 0.717) is 36.8 Å². The Labute approximate surface area is 115 Å². The number of Topliss-reactive ketones (excluding diaryl/α,β-unsaturated/α-hetero) is 1. The molecule has 1 aromatic rings. The van der Waals surface area contributed by atoms with Crippen molar-refractivity contribution in [2.45, 2.75) is 13.3 Å². The molecule has 0 amide bonds. The minimum atomic E-state index is 0.0394. The molecule has 5 heteroatoms. The molecule has 1 N–H and O–H groups in total. The van der Waals surface area contributed by atoms with Gasteiger partial charge < -0.3 is 14.8 Å². The Kier molecular flexibility index (Phi) is 4.24. The van der Waals surface area contributed by atoms with Crippen LogP contribution in [0.3, 0.4) is 0 Å². The van der Waals surface area contributed by atoms with E-state index >= 15 is 0 Å². The number of ether oxygens (including phenoxy) is 2. The van der Waals surface area contributed by atoms with Crippen LogP contribution in [0, 0.1) is 6.92 Å². The Hall–Kier alpha value is -1.07. The third-order valence-corrected chi connectivity index (χ3v) is 3.47. The van der Waals surface area contributed by atoms with E-state index in [1.54, 1.807) is 7.05 Å². The summed E-state index contributed by atoms with van der Waals surface area (Å²) in [6, 6.07) is 1.82. The fraction of sp³-hybridized carbons (Fsp3) is 0.462.